The van der Waals surface area contributed by atoms with Crippen LogP contribution in [0.4, 0.5) is 0 Å². The van der Waals surface area contributed by atoms with Crippen molar-refractivity contribution in [3.63, 3.8) is 0 Å². The minimum atomic E-state index is -0.981. The number of benzene rings is 2. The molecule has 0 unspecified atom stereocenters. The predicted molar refractivity (Wildman–Crippen MR) is 110 cm³/mol. The van der Waals surface area contributed by atoms with Crippen LogP contribution >= 0.6 is 0 Å². The fourth-order valence-corrected chi connectivity index (χ4v) is 3.51. The molecule has 0 spiro atoms. The molecular formula is C24H25NO4. The van der Waals surface area contributed by atoms with Crippen LogP contribution in [0.1, 0.15) is 66.1 Å². The highest BCUT2D eigenvalue weighted by Crippen LogP contribution is 2.27. The van der Waals surface area contributed by atoms with E-state index in [2.05, 4.69) is 17.2 Å². The first-order valence-corrected chi connectivity index (χ1v) is 9.88. The Morgan fingerprint density at radius 3 is 2.28 bits per heavy atom. The third-order valence-corrected chi connectivity index (χ3v) is 5.15. The van der Waals surface area contributed by atoms with Crippen molar-refractivity contribution in [1.82, 2.24) is 5.32 Å². The molecule has 29 heavy (non-hydrogen) atoms. The molecule has 3 rings (SSSR count). The Labute approximate surface area is 170 Å². The summed E-state index contributed by atoms with van der Waals surface area (Å²) in [5, 5.41) is 22.4. The van der Waals surface area contributed by atoms with Crippen LogP contribution in [-0.4, -0.2) is 27.7 Å². The van der Waals surface area contributed by atoms with Crippen LogP contribution in [0.3, 0.4) is 0 Å². The highest BCUT2D eigenvalue weighted by Gasteiger charge is 2.26. The van der Waals surface area contributed by atoms with Gasteiger partial charge in [-0.15, -0.1) is 0 Å². The van der Waals surface area contributed by atoms with E-state index in [9.17, 15) is 14.7 Å². The second-order valence-electron chi connectivity index (χ2n) is 7.45. The van der Waals surface area contributed by atoms with Crippen molar-refractivity contribution >= 4 is 11.9 Å². The summed E-state index contributed by atoms with van der Waals surface area (Å²) < 4.78 is 0. The minimum Gasteiger partial charge on any atom is -0.481 e. The normalized spacial score (nSPS) is 16.2. The summed E-state index contributed by atoms with van der Waals surface area (Å²) in [6, 6.07) is 15.2. The molecule has 2 aromatic rings. The van der Waals surface area contributed by atoms with Gasteiger partial charge >= 0.3 is 5.97 Å². The van der Waals surface area contributed by atoms with Gasteiger partial charge in [-0.1, -0.05) is 48.6 Å². The second-order valence-corrected chi connectivity index (χ2v) is 7.45. The van der Waals surface area contributed by atoms with E-state index in [1.807, 2.05) is 18.2 Å². The minimum absolute atomic E-state index is 0.197. The van der Waals surface area contributed by atoms with Gasteiger partial charge in [-0.2, -0.15) is 0 Å². The number of carbonyl (C=O) groups excluding carboxylic acids is 1. The molecule has 1 amide bonds. The lowest BCUT2D eigenvalue weighted by molar-refractivity contribution is -0.137. The van der Waals surface area contributed by atoms with Crippen LogP contribution in [0.15, 0.2) is 54.6 Å². The zero-order valence-corrected chi connectivity index (χ0v) is 16.2. The first-order chi connectivity index (χ1) is 14.0. The number of aliphatic hydroxyl groups is 1. The maximum absolute atomic E-state index is 12.6. The molecule has 0 aliphatic heterocycles. The second kappa shape index (κ2) is 9.40. The van der Waals surface area contributed by atoms with Gasteiger partial charge < -0.3 is 15.5 Å². The lowest BCUT2D eigenvalue weighted by atomic mass is 9.85. The SMILES string of the molecule is O=C(O)C[C@@H](NC(=O)c1ccc(C#CC2(O)CCCCC2)cc1)c1ccccc1. The molecule has 0 saturated heterocycles. The number of nitrogens with one attached hydrogen (secondary N) is 1. The Morgan fingerprint density at radius 1 is 1.00 bits per heavy atom. The van der Waals surface area contributed by atoms with Gasteiger partial charge in [0.25, 0.3) is 5.91 Å². The number of carboxylic acid groups (broad SMARTS) is 1. The summed E-state index contributed by atoms with van der Waals surface area (Å²) in [6.07, 6.45) is 4.32. The average Bonchev–Trinajstić information content (AvgIpc) is 2.73. The van der Waals surface area contributed by atoms with Gasteiger partial charge in [0.1, 0.15) is 5.60 Å². The maximum atomic E-state index is 12.6. The van der Waals surface area contributed by atoms with Gasteiger partial charge in [0, 0.05) is 11.1 Å². The molecule has 150 valence electrons. The first kappa shape index (κ1) is 20.6. The summed E-state index contributed by atoms with van der Waals surface area (Å²) >= 11 is 0. The molecule has 0 aromatic heterocycles. The van der Waals surface area contributed by atoms with Gasteiger partial charge in [0.2, 0.25) is 0 Å². The quantitative estimate of drug-likeness (QED) is 0.679. The third kappa shape index (κ3) is 5.94. The molecule has 1 fully saturated rings. The van der Waals surface area contributed by atoms with Crippen molar-refractivity contribution in [2.45, 2.75) is 50.2 Å². The van der Waals surface area contributed by atoms with Gasteiger partial charge in [-0.25, -0.2) is 0 Å². The topological polar surface area (TPSA) is 86.6 Å². The van der Waals surface area contributed by atoms with E-state index in [1.54, 1.807) is 36.4 Å². The first-order valence-electron chi connectivity index (χ1n) is 9.88. The van der Waals surface area contributed by atoms with E-state index in [1.165, 1.54) is 0 Å². The number of rotatable bonds is 5. The molecule has 0 heterocycles. The summed E-state index contributed by atoms with van der Waals surface area (Å²) in [6.45, 7) is 0. The fourth-order valence-electron chi connectivity index (χ4n) is 3.51. The Hall–Kier alpha value is -3.10. The van der Waals surface area contributed by atoms with Crippen LogP contribution < -0.4 is 5.32 Å². The average molecular weight is 391 g/mol. The highest BCUT2D eigenvalue weighted by atomic mass is 16.4. The Morgan fingerprint density at radius 2 is 1.66 bits per heavy atom. The zero-order chi connectivity index (χ0) is 20.7. The maximum Gasteiger partial charge on any atom is 0.305 e. The number of carbonyl (C=O) groups is 2. The van der Waals surface area contributed by atoms with E-state index in [-0.39, 0.29) is 12.3 Å². The number of hydrogen-bond donors (Lipinski definition) is 3. The molecule has 0 radical (unpaired) electrons. The van der Waals surface area contributed by atoms with Crippen LogP contribution in [-0.2, 0) is 4.79 Å². The lowest BCUT2D eigenvalue weighted by Gasteiger charge is -2.26. The Bertz CT molecular complexity index is 903. The van der Waals surface area contributed by atoms with E-state index in [0.29, 0.717) is 18.4 Å². The molecule has 2 aromatic carbocycles. The van der Waals surface area contributed by atoms with Crippen LogP contribution in [0.2, 0.25) is 0 Å². The van der Waals surface area contributed by atoms with Crippen molar-refractivity contribution in [1.29, 1.82) is 0 Å². The van der Waals surface area contributed by atoms with Crippen LogP contribution in [0.25, 0.3) is 0 Å². The molecule has 0 bridgehead atoms. The van der Waals surface area contributed by atoms with Crippen molar-refractivity contribution in [3.8, 4) is 11.8 Å². The largest absolute Gasteiger partial charge is 0.481 e. The van der Waals surface area contributed by atoms with E-state index in [0.717, 1.165) is 30.4 Å². The summed E-state index contributed by atoms with van der Waals surface area (Å²) in [5.41, 5.74) is 0.990. The fraction of sp³-hybridized carbons (Fsp3) is 0.333. The lowest BCUT2D eigenvalue weighted by Crippen LogP contribution is -2.30. The summed E-state index contributed by atoms with van der Waals surface area (Å²) in [4.78, 5) is 23.8. The highest BCUT2D eigenvalue weighted by molar-refractivity contribution is 5.94. The molecule has 1 aliphatic rings. The standard InChI is InChI=1S/C24H25NO4/c26-22(27)17-21(19-7-3-1-4-8-19)25-23(28)20-11-9-18(10-12-20)13-16-24(29)14-5-2-6-15-24/h1,3-4,7-12,21,29H,2,5-6,14-15,17H2,(H,25,28)(H,26,27)/t21-/m1/s1. The monoisotopic (exact) mass is 391 g/mol. The van der Waals surface area contributed by atoms with Gasteiger partial charge in [-0.05, 0) is 55.5 Å². The number of hydrogen-bond acceptors (Lipinski definition) is 3. The Kier molecular flexibility index (Phi) is 6.69. The van der Waals surface area contributed by atoms with Gasteiger partial charge in [0.05, 0.1) is 12.5 Å². The van der Waals surface area contributed by atoms with E-state index >= 15 is 0 Å². The van der Waals surface area contributed by atoms with Crippen molar-refractivity contribution in [3.05, 3.63) is 71.3 Å². The zero-order valence-electron chi connectivity index (χ0n) is 16.2. The number of amides is 1. The van der Waals surface area contributed by atoms with Crippen molar-refractivity contribution in [2.24, 2.45) is 0 Å². The molecule has 1 saturated carbocycles. The van der Waals surface area contributed by atoms with Crippen LogP contribution in [0.5, 0.6) is 0 Å². The van der Waals surface area contributed by atoms with Crippen LogP contribution in [0, 0.1) is 11.8 Å². The third-order valence-electron chi connectivity index (χ3n) is 5.15. The molecule has 5 heteroatoms. The molecule has 5 nitrogen and oxygen atoms in total. The van der Waals surface area contributed by atoms with Crippen molar-refractivity contribution < 1.29 is 19.8 Å². The molecule has 1 aliphatic carbocycles. The number of aliphatic carboxylic acids is 1. The van der Waals surface area contributed by atoms with Gasteiger partial charge in [-0.3, -0.25) is 9.59 Å². The summed E-state index contributed by atoms with van der Waals surface area (Å²) in [5.74, 6) is 4.66. The summed E-state index contributed by atoms with van der Waals surface area (Å²) in [7, 11) is 0. The van der Waals surface area contributed by atoms with Crippen molar-refractivity contribution in [2.75, 3.05) is 0 Å². The predicted octanol–water partition coefficient (Wildman–Crippen LogP) is 3.68. The van der Waals surface area contributed by atoms with E-state index < -0.39 is 17.6 Å². The molecule has 1 atom stereocenters. The molecule has 3 N–H and O–H groups in total. The smallest absolute Gasteiger partial charge is 0.305 e. The van der Waals surface area contributed by atoms with E-state index in [4.69, 9.17) is 5.11 Å². The Balaban J connectivity index is 1.68. The number of carboxylic acids is 1. The van der Waals surface area contributed by atoms with Gasteiger partial charge in [0.15, 0.2) is 0 Å². The molecular weight excluding hydrogens is 366 g/mol.